The summed E-state index contributed by atoms with van der Waals surface area (Å²) in [5.74, 6) is 0.208. The minimum absolute atomic E-state index is 0. The average Bonchev–Trinajstić information content (AvgIpc) is 2.18. The topological polar surface area (TPSA) is 64.5 Å². The van der Waals surface area contributed by atoms with E-state index in [1.165, 1.54) is 6.07 Å². The number of hydrogen-bond acceptors (Lipinski definition) is 4. The molecule has 0 aliphatic carbocycles. The summed E-state index contributed by atoms with van der Waals surface area (Å²) in [5.41, 5.74) is 0.912. The normalized spacial score (nSPS) is 20.7. The first-order valence-electron chi connectivity index (χ1n) is 4.73. The predicted molar refractivity (Wildman–Crippen MR) is 60.6 cm³/mol. The first kappa shape index (κ1) is 12.1. The number of rotatable bonds is 1. The molecule has 1 aliphatic heterocycles. The maximum atomic E-state index is 9.32. The molecule has 4 nitrogen and oxygen atoms in total. The van der Waals surface area contributed by atoms with Gasteiger partial charge in [0.2, 0.25) is 0 Å². The largest absolute Gasteiger partial charge is 0.508 e. The lowest BCUT2D eigenvalue weighted by atomic mass is 10.0. The van der Waals surface area contributed by atoms with Crippen molar-refractivity contribution in [2.75, 3.05) is 19.6 Å². The van der Waals surface area contributed by atoms with Gasteiger partial charge in [-0.1, -0.05) is 0 Å². The molecule has 4 N–H and O–H groups in total. The molecule has 0 unspecified atom stereocenters. The molecule has 15 heavy (non-hydrogen) atoms. The zero-order chi connectivity index (χ0) is 9.97. The quantitative estimate of drug-likeness (QED) is 0.575. The molecule has 84 valence electrons. The summed E-state index contributed by atoms with van der Waals surface area (Å²) in [4.78, 5) is 0. The Morgan fingerprint density at radius 1 is 1.07 bits per heavy atom. The average molecular weight is 231 g/mol. The number of phenolic OH excluding ortho intramolecular Hbond substituents is 2. The van der Waals surface area contributed by atoms with Crippen molar-refractivity contribution in [2.45, 2.75) is 6.04 Å². The summed E-state index contributed by atoms with van der Waals surface area (Å²) in [6, 6.07) is 4.84. The molecule has 1 aliphatic rings. The van der Waals surface area contributed by atoms with Gasteiger partial charge in [-0.2, -0.15) is 0 Å². The van der Waals surface area contributed by atoms with E-state index in [1.54, 1.807) is 12.1 Å². The summed E-state index contributed by atoms with van der Waals surface area (Å²) in [5, 5.41) is 25.2. The number of aromatic hydroxyl groups is 2. The van der Waals surface area contributed by atoms with Crippen molar-refractivity contribution in [3.05, 3.63) is 23.8 Å². The molecule has 0 aromatic heterocycles. The lowest BCUT2D eigenvalue weighted by molar-refractivity contribution is 0.418. The zero-order valence-corrected chi connectivity index (χ0v) is 9.05. The number of halogens is 1. The van der Waals surface area contributed by atoms with Gasteiger partial charge in [-0.25, -0.2) is 0 Å². The Morgan fingerprint density at radius 2 is 1.73 bits per heavy atom. The Labute approximate surface area is 94.7 Å². The van der Waals surface area contributed by atoms with E-state index in [4.69, 9.17) is 0 Å². The SMILES string of the molecule is Cl.Oc1cc(O)cc([C@@H]2CNCCN2)c1. The van der Waals surface area contributed by atoms with Gasteiger partial charge in [0, 0.05) is 31.7 Å². The third kappa shape index (κ3) is 2.99. The van der Waals surface area contributed by atoms with E-state index in [0.717, 1.165) is 25.2 Å². The maximum Gasteiger partial charge on any atom is 0.119 e. The van der Waals surface area contributed by atoms with Gasteiger partial charge >= 0.3 is 0 Å². The number of hydrogen-bond donors (Lipinski definition) is 4. The zero-order valence-electron chi connectivity index (χ0n) is 8.23. The third-order valence-electron chi connectivity index (χ3n) is 2.37. The third-order valence-corrected chi connectivity index (χ3v) is 2.37. The molecule has 0 amide bonds. The molecular weight excluding hydrogens is 216 g/mol. The Balaban J connectivity index is 0.00000112. The van der Waals surface area contributed by atoms with Crippen molar-refractivity contribution in [1.82, 2.24) is 10.6 Å². The van der Waals surface area contributed by atoms with Crippen molar-refractivity contribution in [3.63, 3.8) is 0 Å². The Hall–Kier alpha value is -0.970. The van der Waals surface area contributed by atoms with Crippen LogP contribution in [0, 0.1) is 0 Å². The van der Waals surface area contributed by atoms with Crippen LogP contribution in [0.25, 0.3) is 0 Å². The highest BCUT2D eigenvalue weighted by atomic mass is 35.5. The molecule has 1 saturated heterocycles. The van der Waals surface area contributed by atoms with Gasteiger partial charge in [0.25, 0.3) is 0 Å². The number of piperazine rings is 1. The summed E-state index contributed by atoms with van der Waals surface area (Å²) in [7, 11) is 0. The van der Waals surface area contributed by atoms with Crippen molar-refractivity contribution in [2.24, 2.45) is 0 Å². The second kappa shape index (κ2) is 5.21. The lowest BCUT2D eigenvalue weighted by Gasteiger charge is -2.25. The van der Waals surface area contributed by atoms with Crippen LogP contribution in [0.5, 0.6) is 11.5 Å². The molecule has 0 saturated carbocycles. The van der Waals surface area contributed by atoms with Gasteiger partial charge in [-0.3, -0.25) is 0 Å². The number of nitrogens with one attached hydrogen (secondary N) is 2. The van der Waals surface area contributed by atoms with Gasteiger partial charge in [0.05, 0.1) is 0 Å². The Kier molecular flexibility index (Phi) is 4.20. The fourth-order valence-corrected chi connectivity index (χ4v) is 1.71. The molecule has 1 aromatic carbocycles. The van der Waals surface area contributed by atoms with Crippen molar-refractivity contribution >= 4 is 12.4 Å². The Morgan fingerprint density at radius 3 is 2.27 bits per heavy atom. The van der Waals surface area contributed by atoms with Gasteiger partial charge < -0.3 is 20.8 Å². The van der Waals surface area contributed by atoms with Crippen molar-refractivity contribution in [3.8, 4) is 11.5 Å². The van der Waals surface area contributed by atoms with E-state index in [9.17, 15) is 10.2 Å². The first-order valence-corrected chi connectivity index (χ1v) is 4.73. The number of phenols is 2. The lowest BCUT2D eigenvalue weighted by Crippen LogP contribution is -2.42. The van der Waals surface area contributed by atoms with Crippen LogP contribution in [0.15, 0.2) is 18.2 Å². The van der Waals surface area contributed by atoms with E-state index in [0.29, 0.717) is 0 Å². The molecule has 5 heteroatoms. The van der Waals surface area contributed by atoms with Crippen LogP contribution in [0.4, 0.5) is 0 Å². The van der Waals surface area contributed by atoms with E-state index >= 15 is 0 Å². The van der Waals surface area contributed by atoms with Crippen LogP contribution >= 0.6 is 12.4 Å². The summed E-state index contributed by atoms with van der Waals surface area (Å²) in [6.45, 7) is 2.69. The molecular formula is C10H15ClN2O2. The van der Waals surface area contributed by atoms with Gasteiger partial charge in [0.1, 0.15) is 11.5 Å². The molecule has 2 rings (SSSR count). The van der Waals surface area contributed by atoms with Crippen LogP contribution in [-0.4, -0.2) is 29.8 Å². The molecule has 1 atom stereocenters. The van der Waals surface area contributed by atoms with Gasteiger partial charge in [0.15, 0.2) is 0 Å². The highest BCUT2D eigenvalue weighted by molar-refractivity contribution is 5.85. The first-order chi connectivity index (χ1) is 6.75. The predicted octanol–water partition coefficient (Wildman–Crippen LogP) is 0.753. The molecule has 1 aromatic rings. The highest BCUT2D eigenvalue weighted by Gasteiger charge is 2.15. The molecule has 0 bridgehead atoms. The minimum Gasteiger partial charge on any atom is -0.508 e. The second-order valence-electron chi connectivity index (χ2n) is 3.49. The van der Waals surface area contributed by atoms with Crippen LogP contribution in [0.2, 0.25) is 0 Å². The summed E-state index contributed by atoms with van der Waals surface area (Å²) in [6.07, 6.45) is 0. The summed E-state index contributed by atoms with van der Waals surface area (Å²) >= 11 is 0. The van der Waals surface area contributed by atoms with E-state index in [2.05, 4.69) is 10.6 Å². The van der Waals surface area contributed by atoms with Crippen LogP contribution < -0.4 is 10.6 Å². The van der Waals surface area contributed by atoms with E-state index in [1.807, 2.05) is 0 Å². The molecule has 0 radical (unpaired) electrons. The van der Waals surface area contributed by atoms with Gasteiger partial charge in [-0.05, 0) is 17.7 Å². The maximum absolute atomic E-state index is 9.32. The Bertz CT molecular complexity index is 307. The van der Waals surface area contributed by atoms with E-state index < -0.39 is 0 Å². The number of benzene rings is 1. The van der Waals surface area contributed by atoms with E-state index in [-0.39, 0.29) is 29.9 Å². The fraction of sp³-hybridized carbons (Fsp3) is 0.400. The second-order valence-corrected chi connectivity index (χ2v) is 3.49. The van der Waals surface area contributed by atoms with Crippen LogP contribution in [0.3, 0.4) is 0 Å². The molecule has 0 spiro atoms. The van der Waals surface area contributed by atoms with Crippen LogP contribution in [-0.2, 0) is 0 Å². The monoisotopic (exact) mass is 230 g/mol. The standard InChI is InChI=1S/C10H14N2O2.ClH/c13-8-3-7(4-9(14)5-8)10-6-11-1-2-12-10;/h3-5,10-14H,1-2,6H2;1H/t10-;/m0./s1. The molecule has 1 fully saturated rings. The van der Waals surface area contributed by atoms with Crippen molar-refractivity contribution in [1.29, 1.82) is 0 Å². The van der Waals surface area contributed by atoms with Gasteiger partial charge in [-0.15, -0.1) is 12.4 Å². The minimum atomic E-state index is 0. The fourth-order valence-electron chi connectivity index (χ4n) is 1.71. The summed E-state index contributed by atoms with van der Waals surface area (Å²) < 4.78 is 0. The molecule has 1 heterocycles. The smallest absolute Gasteiger partial charge is 0.119 e. The highest BCUT2D eigenvalue weighted by Crippen LogP contribution is 2.24. The van der Waals surface area contributed by atoms with Crippen molar-refractivity contribution < 1.29 is 10.2 Å². The van der Waals surface area contributed by atoms with Crippen LogP contribution in [0.1, 0.15) is 11.6 Å².